The topological polar surface area (TPSA) is 9.86 Å². The fraction of sp³-hybridized carbons (Fsp3) is 0.135. The number of fused-ring (bicyclic) bond motifs is 10. The third-order valence-corrected chi connectivity index (χ3v) is 17.2. The number of hydrogen-bond acceptors (Lipinski definition) is 0. The molecule has 4 heteroatoms. The van der Waals surface area contributed by atoms with Gasteiger partial charge < -0.3 is 9.13 Å². The number of aryl methyl sites for hydroxylation is 2. The van der Waals surface area contributed by atoms with E-state index in [1.165, 1.54) is 60.9 Å². The lowest BCUT2D eigenvalue weighted by molar-refractivity contribution is 0.387. The van der Waals surface area contributed by atoms with Gasteiger partial charge in [0, 0.05) is 44.9 Å². The predicted molar refractivity (Wildman–Crippen MR) is 324 cm³/mol. The van der Waals surface area contributed by atoms with Crippen LogP contribution in [-0.2, 0) is 12.8 Å². The van der Waals surface area contributed by atoms with Gasteiger partial charge in [0.15, 0.2) is 0 Å². The van der Waals surface area contributed by atoms with Crippen LogP contribution >= 0.6 is 0 Å². The molecule has 0 fully saturated rings. The monoisotopic (exact) mass is 1010 g/mol. The number of nitrogens with zero attached hydrogens (tertiary/aromatic N) is 2. The lowest BCUT2D eigenvalue weighted by Crippen LogP contribution is -2.18. The van der Waals surface area contributed by atoms with Crippen molar-refractivity contribution >= 4 is 54.8 Å². The van der Waals surface area contributed by atoms with Crippen molar-refractivity contribution in [3.63, 3.8) is 0 Å². The van der Waals surface area contributed by atoms with Crippen LogP contribution < -0.4 is 0 Å². The zero-order valence-electron chi connectivity index (χ0n) is 44.4. The molecule has 2 aromatic heterocycles. The van der Waals surface area contributed by atoms with E-state index in [0.29, 0.717) is 11.1 Å². The first kappa shape index (κ1) is 48.8. The van der Waals surface area contributed by atoms with E-state index >= 15 is 8.78 Å². The maximum absolute atomic E-state index is 17.1. The molecule has 2 nitrogen and oxygen atoms in total. The fourth-order valence-electron chi connectivity index (χ4n) is 13.3. The highest BCUT2D eigenvalue weighted by atomic mass is 19.1. The SMILES string of the molecule is C=C(/C(Cc1ccccc1F)=C(\c1ccccc1F)C(C)[C@@H](C)CC1CCc2ccccc2-c2ccc3c(c21)c1ccccc1n3-c1ccccc1)c1ccccc1-c1ccc2c(c1C)c1ccccc1n2-c1ccccc1. The van der Waals surface area contributed by atoms with Gasteiger partial charge in [0.1, 0.15) is 11.6 Å². The van der Waals surface area contributed by atoms with Crippen LogP contribution in [0.25, 0.3) is 88.4 Å². The first-order valence-corrected chi connectivity index (χ1v) is 27.5. The van der Waals surface area contributed by atoms with Crippen molar-refractivity contribution < 1.29 is 8.78 Å². The standard InChI is InChI=1S/C74H60F2N2/c1-47(45-53-40-39-51-23-11-13-30-58(51)60-42-44-70-74(73(53)60)63-34-18-22-38-68(63)78(70)55-27-9-6-10-28-55)48(2)71(61-32-16-20-36-66(61)76)64(46-52-24-12-19-35-65(52)75)49(3)56-29-14-15-31-59(56)57-41-43-69-72(50(57)4)62-33-17-21-37-67(62)77(69)54-25-7-5-8-26-54/h5-38,41-44,47-48,53H,3,39-40,45-46H2,1-2,4H3/b71-64-/t47-,48?,53?/m0/s1. The van der Waals surface area contributed by atoms with E-state index in [-0.39, 0.29) is 35.8 Å². The number of halogens is 2. The lowest BCUT2D eigenvalue weighted by atomic mass is 9.73. The Labute approximate surface area is 455 Å². The second-order valence-electron chi connectivity index (χ2n) is 21.5. The first-order chi connectivity index (χ1) is 38.2. The molecule has 0 saturated carbocycles. The molecule has 0 N–H and O–H groups in total. The van der Waals surface area contributed by atoms with E-state index in [9.17, 15) is 0 Å². The van der Waals surface area contributed by atoms with Crippen molar-refractivity contribution in [2.75, 3.05) is 0 Å². The summed E-state index contributed by atoms with van der Waals surface area (Å²) in [6.07, 6.45) is 2.97. The van der Waals surface area contributed by atoms with E-state index < -0.39 is 0 Å². The summed E-state index contributed by atoms with van der Waals surface area (Å²) in [6.45, 7) is 11.8. The summed E-state index contributed by atoms with van der Waals surface area (Å²) in [5, 5.41) is 4.90. The Kier molecular flexibility index (Phi) is 12.7. The van der Waals surface area contributed by atoms with Gasteiger partial charge in [0.05, 0.1) is 22.1 Å². The average molecular weight is 1020 g/mol. The number of aromatic nitrogens is 2. The van der Waals surface area contributed by atoms with Gasteiger partial charge in [-0.1, -0.05) is 190 Å². The van der Waals surface area contributed by atoms with Crippen molar-refractivity contribution in [1.29, 1.82) is 0 Å². The maximum atomic E-state index is 17.1. The normalized spacial score (nSPS) is 14.5. The number of para-hydroxylation sites is 4. The van der Waals surface area contributed by atoms with Crippen LogP contribution in [0.4, 0.5) is 8.78 Å². The molecular formula is C74H60F2N2. The van der Waals surface area contributed by atoms with Gasteiger partial charge >= 0.3 is 0 Å². The fourth-order valence-corrected chi connectivity index (χ4v) is 13.3. The molecule has 78 heavy (non-hydrogen) atoms. The molecule has 0 saturated heterocycles. The molecule has 0 aliphatic heterocycles. The van der Waals surface area contributed by atoms with Gasteiger partial charge in [-0.2, -0.15) is 0 Å². The summed E-state index contributed by atoms with van der Waals surface area (Å²) >= 11 is 0. The summed E-state index contributed by atoms with van der Waals surface area (Å²) in [7, 11) is 0. The minimum Gasteiger partial charge on any atom is -0.309 e. The lowest BCUT2D eigenvalue weighted by Gasteiger charge is -2.31. The molecule has 10 aromatic carbocycles. The molecule has 2 heterocycles. The van der Waals surface area contributed by atoms with Crippen molar-refractivity contribution in [2.45, 2.75) is 52.4 Å². The molecule has 0 radical (unpaired) electrons. The predicted octanol–water partition coefficient (Wildman–Crippen LogP) is 19.9. The van der Waals surface area contributed by atoms with Gasteiger partial charge in [-0.25, -0.2) is 8.78 Å². The van der Waals surface area contributed by atoms with Crippen LogP contribution in [-0.4, -0.2) is 9.13 Å². The second-order valence-corrected chi connectivity index (χ2v) is 21.5. The van der Waals surface area contributed by atoms with Gasteiger partial charge in [0.2, 0.25) is 0 Å². The summed E-state index contributed by atoms with van der Waals surface area (Å²) in [4.78, 5) is 0. The molecule has 2 unspecified atom stereocenters. The van der Waals surface area contributed by atoms with Gasteiger partial charge in [-0.15, -0.1) is 0 Å². The van der Waals surface area contributed by atoms with Crippen molar-refractivity contribution in [3.05, 3.63) is 288 Å². The second kappa shape index (κ2) is 20.3. The Morgan fingerprint density at radius 2 is 1.03 bits per heavy atom. The smallest absolute Gasteiger partial charge is 0.130 e. The van der Waals surface area contributed by atoms with E-state index in [4.69, 9.17) is 6.58 Å². The van der Waals surface area contributed by atoms with Crippen LogP contribution in [0, 0.1) is 30.4 Å². The average Bonchev–Trinajstić information content (AvgIpc) is 4.09. The highest BCUT2D eigenvalue weighted by Crippen LogP contribution is 2.51. The Morgan fingerprint density at radius 1 is 0.500 bits per heavy atom. The molecular weight excluding hydrogens is 955 g/mol. The highest BCUT2D eigenvalue weighted by molar-refractivity contribution is 6.14. The highest BCUT2D eigenvalue weighted by Gasteiger charge is 2.33. The largest absolute Gasteiger partial charge is 0.309 e. The van der Waals surface area contributed by atoms with Crippen LogP contribution in [0.1, 0.15) is 66.0 Å². The maximum Gasteiger partial charge on any atom is 0.130 e. The Balaban J connectivity index is 0.981. The van der Waals surface area contributed by atoms with E-state index in [1.54, 1.807) is 18.2 Å². The molecule has 0 bridgehead atoms. The van der Waals surface area contributed by atoms with Crippen molar-refractivity contribution in [2.24, 2.45) is 11.8 Å². The molecule has 3 atom stereocenters. The summed E-state index contributed by atoms with van der Waals surface area (Å²) in [5.41, 5.74) is 19.9. The summed E-state index contributed by atoms with van der Waals surface area (Å²) < 4.78 is 38.2. The van der Waals surface area contributed by atoms with E-state index in [2.05, 4.69) is 212 Å². The van der Waals surface area contributed by atoms with E-state index in [1.807, 2.05) is 24.3 Å². The van der Waals surface area contributed by atoms with Gasteiger partial charge in [0.25, 0.3) is 0 Å². The molecule has 1 aliphatic carbocycles. The Hall–Kier alpha value is -8.86. The zero-order chi connectivity index (χ0) is 53.0. The van der Waals surface area contributed by atoms with Crippen LogP contribution in [0.5, 0.6) is 0 Å². The molecule has 0 amide bonds. The molecule has 12 aromatic rings. The first-order valence-electron chi connectivity index (χ1n) is 27.5. The number of allylic oxidation sites excluding steroid dienone is 3. The third-order valence-electron chi connectivity index (χ3n) is 17.2. The van der Waals surface area contributed by atoms with Gasteiger partial charge in [-0.3, -0.25) is 0 Å². The quantitative estimate of drug-likeness (QED) is 0.108. The van der Waals surface area contributed by atoms with Crippen LogP contribution in [0.15, 0.2) is 243 Å². The van der Waals surface area contributed by atoms with Crippen molar-refractivity contribution in [3.8, 4) is 33.6 Å². The van der Waals surface area contributed by atoms with Crippen LogP contribution in [0.2, 0.25) is 0 Å². The third kappa shape index (κ3) is 8.30. The number of hydrogen-bond donors (Lipinski definition) is 0. The zero-order valence-corrected chi connectivity index (χ0v) is 44.4. The number of rotatable bonds is 12. The molecule has 1 aliphatic rings. The summed E-state index contributed by atoms with van der Waals surface area (Å²) in [5.74, 6) is -0.583. The van der Waals surface area contributed by atoms with E-state index in [0.717, 1.165) is 80.6 Å². The number of benzene rings is 10. The Bertz CT molecular complexity index is 4310. The minimum absolute atomic E-state index is 0.0432. The molecule has 13 rings (SSSR count). The molecule has 0 spiro atoms. The molecule has 380 valence electrons. The van der Waals surface area contributed by atoms with Crippen molar-refractivity contribution in [1.82, 2.24) is 9.13 Å². The van der Waals surface area contributed by atoms with Gasteiger partial charge in [-0.05, 0) is 171 Å². The van der Waals surface area contributed by atoms with Crippen LogP contribution in [0.3, 0.4) is 0 Å². The Morgan fingerprint density at radius 3 is 1.69 bits per heavy atom. The minimum atomic E-state index is -0.305. The summed E-state index contributed by atoms with van der Waals surface area (Å²) in [6, 6.07) is 79.5.